The lowest BCUT2D eigenvalue weighted by Gasteiger charge is -2.18. The molecule has 19 heavy (non-hydrogen) atoms. The third kappa shape index (κ3) is 2.44. The van der Waals surface area contributed by atoms with Gasteiger partial charge < -0.3 is 15.5 Å². The van der Waals surface area contributed by atoms with Crippen LogP contribution in [0.1, 0.15) is 17.7 Å². The number of anilines is 2. The normalized spacial score (nSPS) is 14.1. The van der Waals surface area contributed by atoms with Gasteiger partial charge in [0, 0.05) is 22.7 Å². The lowest BCUT2D eigenvalue weighted by Crippen LogP contribution is -2.19. The molecule has 0 saturated carbocycles. The minimum atomic E-state index is 0.0418. The average Bonchev–Trinajstić information content (AvgIpc) is 2.76. The van der Waals surface area contributed by atoms with E-state index in [0.717, 1.165) is 28.3 Å². The third-order valence-corrected chi connectivity index (χ3v) is 3.86. The summed E-state index contributed by atoms with van der Waals surface area (Å²) in [6.45, 7) is 1.87. The van der Waals surface area contributed by atoms with Crippen LogP contribution in [-0.4, -0.2) is 10.9 Å². The van der Waals surface area contributed by atoms with Crippen LogP contribution in [0.3, 0.4) is 0 Å². The van der Waals surface area contributed by atoms with E-state index >= 15 is 0 Å². The number of hydrogen-bond acceptors (Lipinski definition) is 5. The van der Waals surface area contributed by atoms with Crippen LogP contribution in [0, 0.1) is 6.92 Å². The van der Waals surface area contributed by atoms with E-state index in [2.05, 4.69) is 10.3 Å². The van der Waals surface area contributed by atoms with E-state index in [0.29, 0.717) is 17.3 Å². The van der Waals surface area contributed by atoms with Gasteiger partial charge in [0.2, 0.25) is 5.91 Å². The molecule has 1 aromatic heterocycles. The zero-order valence-corrected chi connectivity index (χ0v) is 11.2. The van der Waals surface area contributed by atoms with E-state index in [9.17, 15) is 4.79 Å². The highest BCUT2D eigenvalue weighted by Gasteiger charge is 2.17. The molecule has 0 radical (unpaired) electrons. The van der Waals surface area contributed by atoms with Gasteiger partial charge in [-0.25, -0.2) is 4.98 Å². The first-order chi connectivity index (χ1) is 9.11. The van der Waals surface area contributed by atoms with Gasteiger partial charge >= 0.3 is 0 Å². The first-order valence-corrected chi connectivity index (χ1v) is 6.76. The molecule has 0 spiro atoms. The van der Waals surface area contributed by atoms with E-state index in [1.54, 1.807) is 6.26 Å². The van der Waals surface area contributed by atoms with Crippen molar-refractivity contribution in [2.24, 2.45) is 0 Å². The number of fused-ring (bicyclic) bond motifs is 1. The first-order valence-electron chi connectivity index (χ1n) is 5.94. The molecule has 98 valence electrons. The van der Waals surface area contributed by atoms with Crippen LogP contribution in [0.15, 0.2) is 32.9 Å². The second kappa shape index (κ2) is 4.62. The van der Waals surface area contributed by atoms with Crippen molar-refractivity contribution in [3.63, 3.8) is 0 Å². The number of nitrogens with one attached hydrogen (secondary N) is 1. The molecular weight excluding hydrogens is 262 g/mol. The molecule has 2 aromatic rings. The smallest absolute Gasteiger partial charge is 0.260 e. The predicted molar refractivity (Wildman–Crippen MR) is 73.2 cm³/mol. The Balaban J connectivity index is 1.93. The summed E-state index contributed by atoms with van der Waals surface area (Å²) < 4.78 is 5.30. The summed E-state index contributed by atoms with van der Waals surface area (Å²) in [5.41, 5.74) is 9.44. The molecule has 2 heterocycles. The number of aromatic nitrogens is 1. The summed E-state index contributed by atoms with van der Waals surface area (Å²) in [6, 6.07) is 3.79. The Morgan fingerprint density at radius 1 is 1.42 bits per heavy atom. The van der Waals surface area contributed by atoms with Crippen molar-refractivity contribution < 1.29 is 9.21 Å². The Morgan fingerprint density at radius 3 is 3.00 bits per heavy atom. The Kier molecular flexibility index (Phi) is 2.94. The fourth-order valence-electron chi connectivity index (χ4n) is 1.99. The zero-order chi connectivity index (χ0) is 13.4. The number of carbonyl (C=O) groups excluding carboxylic acids is 1. The van der Waals surface area contributed by atoms with Crippen LogP contribution in [-0.2, 0) is 11.2 Å². The van der Waals surface area contributed by atoms with Gasteiger partial charge in [0.25, 0.3) is 5.22 Å². The summed E-state index contributed by atoms with van der Waals surface area (Å²) in [7, 11) is 0. The summed E-state index contributed by atoms with van der Waals surface area (Å²) in [6.07, 6.45) is 2.84. The minimum Gasteiger partial charge on any atom is -0.439 e. The third-order valence-electron chi connectivity index (χ3n) is 2.93. The van der Waals surface area contributed by atoms with Crippen LogP contribution >= 0.6 is 11.8 Å². The maximum atomic E-state index is 11.4. The Morgan fingerprint density at radius 2 is 2.26 bits per heavy atom. The number of carbonyl (C=O) groups is 1. The van der Waals surface area contributed by atoms with Gasteiger partial charge in [-0.3, -0.25) is 4.79 Å². The van der Waals surface area contributed by atoms with Gasteiger partial charge in [0.15, 0.2) is 0 Å². The Labute approximate surface area is 114 Å². The van der Waals surface area contributed by atoms with E-state index in [1.165, 1.54) is 11.8 Å². The fourth-order valence-corrected chi connectivity index (χ4v) is 2.82. The van der Waals surface area contributed by atoms with E-state index in [4.69, 9.17) is 10.2 Å². The van der Waals surface area contributed by atoms with Gasteiger partial charge in [-0.05, 0) is 42.8 Å². The number of benzene rings is 1. The highest BCUT2D eigenvalue weighted by atomic mass is 32.2. The van der Waals surface area contributed by atoms with Crippen LogP contribution in [0.25, 0.3) is 0 Å². The predicted octanol–water partition coefficient (Wildman–Crippen LogP) is 2.60. The number of nitrogen functional groups attached to an aromatic ring is 1. The van der Waals surface area contributed by atoms with Gasteiger partial charge in [0.1, 0.15) is 6.26 Å². The second-order valence-corrected chi connectivity index (χ2v) is 5.45. The second-order valence-electron chi connectivity index (χ2n) is 4.45. The van der Waals surface area contributed by atoms with Crippen molar-refractivity contribution in [1.29, 1.82) is 0 Å². The van der Waals surface area contributed by atoms with Gasteiger partial charge in [0.05, 0.1) is 5.69 Å². The topological polar surface area (TPSA) is 81.1 Å². The molecule has 0 aliphatic carbocycles. The molecule has 1 aliphatic heterocycles. The molecule has 6 heteroatoms. The zero-order valence-electron chi connectivity index (χ0n) is 10.4. The van der Waals surface area contributed by atoms with Crippen molar-refractivity contribution >= 4 is 29.0 Å². The van der Waals surface area contributed by atoms with E-state index in [-0.39, 0.29) is 5.91 Å². The van der Waals surface area contributed by atoms with Crippen LogP contribution in [0.2, 0.25) is 0 Å². The summed E-state index contributed by atoms with van der Waals surface area (Å²) >= 11 is 1.36. The lowest BCUT2D eigenvalue weighted by molar-refractivity contribution is -0.116. The molecule has 0 unspecified atom stereocenters. The monoisotopic (exact) mass is 275 g/mol. The minimum absolute atomic E-state index is 0.0418. The van der Waals surface area contributed by atoms with Crippen LogP contribution in [0.5, 0.6) is 0 Å². The van der Waals surface area contributed by atoms with Crippen molar-refractivity contribution in [3.05, 3.63) is 29.7 Å². The summed E-state index contributed by atoms with van der Waals surface area (Å²) in [5.74, 6) is 0.0418. The number of hydrogen-bond donors (Lipinski definition) is 2. The van der Waals surface area contributed by atoms with Crippen molar-refractivity contribution in [2.45, 2.75) is 29.9 Å². The maximum absolute atomic E-state index is 11.4. The molecule has 0 saturated heterocycles. The fraction of sp³-hybridized carbons (Fsp3) is 0.231. The summed E-state index contributed by atoms with van der Waals surface area (Å²) in [4.78, 5) is 16.5. The molecule has 3 rings (SSSR count). The largest absolute Gasteiger partial charge is 0.439 e. The first kappa shape index (κ1) is 12.1. The number of oxazole rings is 1. The van der Waals surface area contributed by atoms with Crippen LogP contribution in [0.4, 0.5) is 11.4 Å². The molecule has 1 aliphatic rings. The van der Waals surface area contributed by atoms with E-state index in [1.807, 2.05) is 19.1 Å². The number of aryl methyl sites for hydroxylation is 2. The molecule has 0 fully saturated rings. The number of amides is 1. The molecule has 0 atom stereocenters. The SMILES string of the molecule is Cc1coc(Sc2cc3c(cc2N)CCC(=O)N3)n1. The van der Waals surface area contributed by atoms with Crippen molar-refractivity contribution in [1.82, 2.24) is 4.98 Å². The number of nitrogens with two attached hydrogens (primary N) is 1. The van der Waals surface area contributed by atoms with E-state index < -0.39 is 0 Å². The van der Waals surface area contributed by atoms with Gasteiger partial charge in [-0.2, -0.15) is 0 Å². The molecule has 3 N–H and O–H groups in total. The standard InChI is InChI=1S/C13H13N3O2S/c1-7-6-18-13(15-7)19-11-5-10-8(4-9(11)14)2-3-12(17)16-10/h4-6H,2-3,14H2,1H3,(H,16,17). The number of rotatable bonds is 2. The van der Waals surface area contributed by atoms with Crippen molar-refractivity contribution in [2.75, 3.05) is 11.1 Å². The quantitative estimate of drug-likeness (QED) is 0.823. The molecule has 5 nitrogen and oxygen atoms in total. The van der Waals surface area contributed by atoms with Crippen molar-refractivity contribution in [3.8, 4) is 0 Å². The maximum Gasteiger partial charge on any atom is 0.260 e. The molecular formula is C13H13N3O2S. The lowest BCUT2D eigenvalue weighted by atomic mass is 10.0. The highest BCUT2D eigenvalue weighted by molar-refractivity contribution is 7.99. The van der Waals surface area contributed by atoms with Crippen LogP contribution < -0.4 is 11.1 Å². The Bertz CT molecular complexity index is 651. The Hall–Kier alpha value is -1.95. The van der Waals surface area contributed by atoms with Gasteiger partial charge in [-0.15, -0.1) is 0 Å². The van der Waals surface area contributed by atoms with Gasteiger partial charge in [-0.1, -0.05) is 0 Å². The molecule has 0 bridgehead atoms. The molecule has 1 amide bonds. The molecule has 1 aromatic carbocycles. The summed E-state index contributed by atoms with van der Waals surface area (Å²) in [5, 5.41) is 3.41. The average molecular weight is 275 g/mol. The highest BCUT2D eigenvalue weighted by Crippen LogP contribution is 2.36. The number of nitrogens with zero attached hydrogens (tertiary/aromatic N) is 1.